The number of benzene rings is 2. The highest BCUT2D eigenvalue weighted by Crippen LogP contribution is 2.17. The minimum Gasteiger partial charge on any atom is -0.370 e. The van der Waals surface area contributed by atoms with E-state index in [1.807, 2.05) is 48.7 Å². The van der Waals surface area contributed by atoms with Crippen molar-refractivity contribution in [1.29, 1.82) is 0 Å². The first-order chi connectivity index (χ1) is 10.3. The summed E-state index contributed by atoms with van der Waals surface area (Å²) in [6.07, 6.45) is 2.90. The summed E-state index contributed by atoms with van der Waals surface area (Å²) in [5.41, 5.74) is 9.26. The number of hydrogen-bond acceptors (Lipinski definition) is 1. The number of aromatic amines is 1. The van der Waals surface area contributed by atoms with Gasteiger partial charge in [-0.15, -0.1) is 24.0 Å². The fourth-order valence-corrected chi connectivity index (χ4v) is 2.34. The van der Waals surface area contributed by atoms with Crippen molar-refractivity contribution in [1.82, 2.24) is 4.98 Å². The molecule has 0 spiro atoms. The van der Waals surface area contributed by atoms with E-state index in [-0.39, 0.29) is 24.0 Å². The summed E-state index contributed by atoms with van der Waals surface area (Å²) in [7, 11) is 0. The second kappa shape index (κ2) is 7.84. The number of halogens is 1. The van der Waals surface area contributed by atoms with E-state index in [1.165, 1.54) is 10.9 Å². The van der Waals surface area contributed by atoms with Crippen molar-refractivity contribution >= 4 is 46.5 Å². The fraction of sp³-hybridized carbons (Fsp3) is 0.118. The number of aromatic nitrogens is 1. The molecule has 0 fully saturated rings. The van der Waals surface area contributed by atoms with Gasteiger partial charge >= 0.3 is 0 Å². The third kappa shape index (κ3) is 4.00. The number of nitrogens with one attached hydrogen (secondary N) is 2. The molecule has 0 atom stereocenters. The second-order valence-corrected chi connectivity index (χ2v) is 4.87. The van der Waals surface area contributed by atoms with Crippen LogP contribution < -0.4 is 11.1 Å². The molecule has 3 aromatic rings. The molecule has 0 saturated heterocycles. The summed E-state index contributed by atoms with van der Waals surface area (Å²) in [6.45, 7) is 0.660. The predicted octanol–water partition coefficient (Wildman–Crippen LogP) is 3.76. The quantitative estimate of drug-likeness (QED) is 0.351. The molecule has 0 bridgehead atoms. The third-order valence-corrected chi connectivity index (χ3v) is 3.38. The average Bonchev–Trinajstić information content (AvgIpc) is 2.92. The fourth-order valence-electron chi connectivity index (χ4n) is 2.34. The van der Waals surface area contributed by atoms with Crippen molar-refractivity contribution in [2.24, 2.45) is 10.7 Å². The maximum absolute atomic E-state index is 5.89. The minimum absolute atomic E-state index is 0. The molecule has 3 rings (SSSR count). The van der Waals surface area contributed by atoms with Gasteiger partial charge in [-0.25, -0.2) is 0 Å². The van der Waals surface area contributed by atoms with Gasteiger partial charge in [-0.3, -0.25) is 4.99 Å². The van der Waals surface area contributed by atoms with Crippen LogP contribution in [0, 0.1) is 0 Å². The Balaban J connectivity index is 0.00000176. The molecule has 0 aliphatic heterocycles. The van der Waals surface area contributed by atoms with Crippen LogP contribution in [0.2, 0.25) is 0 Å². The molecule has 0 amide bonds. The van der Waals surface area contributed by atoms with Crippen molar-refractivity contribution in [2.45, 2.75) is 6.42 Å². The maximum Gasteiger partial charge on any atom is 0.193 e. The predicted molar refractivity (Wildman–Crippen MR) is 104 cm³/mol. The summed E-state index contributed by atoms with van der Waals surface area (Å²) in [4.78, 5) is 7.64. The lowest BCUT2D eigenvalue weighted by Crippen LogP contribution is -2.22. The zero-order valence-electron chi connectivity index (χ0n) is 12.1. The highest BCUT2D eigenvalue weighted by molar-refractivity contribution is 14.0. The van der Waals surface area contributed by atoms with Crippen molar-refractivity contribution in [2.75, 3.05) is 11.9 Å². The van der Waals surface area contributed by atoms with Crippen LogP contribution in [0.3, 0.4) is 0 Å². The SMILES string of the molecule is I.NC(=NCCc1c[nH]c2ccccc12)Nc1ccccc1. The van der Waals surface area contributed by atoms with Gasteiger partial charge in [0.05, 0.1) is 0 Å². The molecule has 0 saturated carbocycles. The highest BCUT2D eigenvalue weighted by atomic mass is 127. The molecule has 0 aliphatic carbocycles. The van der Waals surface area contributed by atoms with Gasteiger partial charge in [-0.05, 0) is 30.2 Å². The second-order valence-electron chi connectivity index (χ2n) is 4.87. The van der Waals surface area contributed by atoms with Gasteiger partial charge in [-0.1, -0.05) is 36.4 Å². The Morgan fingerprint density at radius 2 is 1.77 bits per heavy atom. The lowest BCUT2D eigenvalue weighted by atomic mass is 10.1. The first kappa shape index (κ1) is 16.4. The van der Waals surface area contributed by atoms with E-state index >= 15 is 0 Å². The first-order valence-electron chi connectivity index (χ1n) is 7.00. The molecule has 2 aromatic carbocycles. The Morgan fingerprint density at radius 1 is 1.05 bits per heavy atom. The standard InChI is InChI=1S/C17H18N4.HI/c18-17(21-14-6-2-1-3-7-14)19-11-10-13-12-20-16-9-5-4-8-15(13)16;/h1-9,12,20H,10-11H2,(H3,18,19,21);1H. The van der Waals surface area contributed by atoms with Crippen molar-refractivity contribution in [3.63, 3.8) is 0 Å². The Kier molecular flexibility index (Phi) is 5.83. The Hall–Kier alpha value is -2.02. The lowest BCUT2D eigenvalue weighted by molar-refractivity contribution is 0.972. The molecule has 0 unspecified atom stereocenters. The smallest absolute Gasteiger partial charge is 0.193 e. The van der Waals surface area contributed by atoms with Crippen LogP contribution in [0.1, 0.15) is 5.56 Å². The molecule has 1 heterocycles. The topological polar surface area (TPSA) is 66.2 Å². The van der Waals surface area contributed by atoms with Gasteiger partial charge in [0.1, 0.15) is 0 Å². The molecule has 0 aliphatic rings. The minimum atomic E-state index is 0. The number of H-pyrrole nitrogens is 1. The van der Waals surface area contributed by atoms with Crippen LogP contribution in [0.15, 0.2) is 65.8 Å². The van der Waals surface area contributed by atoms with E-state index in [4.69, 9.17) is 5.73 Å². The van der Waals surface area contributed by atoms with Crippen LogP contribution in [0.25, 0.3) is 10.9 Å². The van der Waals surface area contributed by atoms with Gasteiger partial charge in [0, 0.05) is 29.3 Å². The van der Waals surface area contributed by atoms with Crippen molar-refractivity contribution in [3.05, 3.63) is 66.4 Å². The lowest BCUT2D eigenvalue weighted by Gasteiger charge is -2.04. The third-order valence-electron chi connectivity index (χ3n) is 3.38. The van der Waals surface area contributed by atoms with Gasteiger partial charge < -0.3 is 16.0 Å². The highest BCUT2D eigenvalue weighted by Gasteiger charge is 2.02. The number of rotatable bonds is 4. The van der Waals surface area contributed by atoms with E-state index in [0.29, 0.717) is 12.5 Å². The van der Waals surface area contributed by atoms with E-state index in [0.717, 1.165) is 17.6 Å². The van der Waals surface area contributed by atoms with Gasteiger partial charge in [0.25, 0.3) is 0 Å². The summed E-state index contributed by atoms with van der Waals surface area (Å²) >= 11 is 0. The monoisotopic (exact) mass is 406 g/mol. The number of para-hydroxylation sites is 2. The van der Waals surface area contributed by atoms with E-state index in [2.05, 4.69) is 27.4 Å². The molecule has 1 aromatic heterocycles. The zero-order valence-corrected chi connectivity index (χ0v) is 14.5. The van der Waals surface area contributed by atoms with Crippen LogP contribution in [0.5, 0.6) is 0 Å². The zero-order chi connectivity index (χ0) is 14.5. The number of anilines is 1. The Morgan fingerprint density at radius 3 is 2.59 bits per heavy atom. The van der Waals surface area contributed by atoms with E-state index in [9.17, 15) is 0 Å². The van der Waals surface area contributed by atoms with Crippen LogP contribution >= 0.6 is 24.0 Å². The van der Waals surface area contributed by atoms with E-state index in [1.54, 1.807) is 0 Å². The molecular formula is C17H19IN4. The molecule has 4 N–H and O–H groups in total. The first-order valence-corrected chi connectivity index (χ1v) is 7.00. The number of hydrogen-bond donors (Lipinski definition) is 3. The van der Waals surface area contributed by atoms with Crippen molar-refractivity contribution < 1.29 is 0 Å². The normalized spacial score (nSPS) is 11.2. The molecule has 5 heteroatoms. The largest absolute Gasteiger partial charge is 0.370 e. The summed E-state index contributed by atoms with van der Waals surface area (Å²) in [5, 5.41) is 4.33. The maximum atomic E-state index is 5.89. The van der Waals surface area contributed by atoms with Gasteiger partial charge in [0.2, 0.25) is 0 Å². The molecule has 4 nitrogen and oxygen atoms in total. The number of nitrogens with two attached hydrogens (primary N) is 1. The molecular weight excluding hydrogens is 387 g/mol. The summed E-state index contributed by atoms with van der Waals surface area (Å²) in [5.74, 6) is 0.445. The van der Waals surface area contributed by atoms with Gasteiger partial charge in [-0.2, -0.15) is 0 Å². The number of aliphatic imine (C=N–C) groups is 1. The molecule has 22 heavy (non-hydrogen) atoms. The van der Waals surface area contributed by atoms with E-state index < -0.39 is 0 Å². The van der Waals surface area contributed by atoms with Crippen molar-refractivity contribution in [3.8, 4) is 0 Å². The van der Waals surface area contributed by atoms with Crippen LogP contribution in [-0.4, -0.2) is 17.5 Å². The summed E-state index contributed by atoms with van der Waals surface area (Å²) < 4.78 is 0. The van der Waals surface area contributed by atoms with Crippen LogP contribution in [-0.2, 0) is 6.42 Å². The molecule has 0 radical (unpaired) electrons. The molecule has 114 valence electrons. The average molecular weight is 406 g/mol. The summed E-state index contributed by atoms with van der Waals surface area (Å²) in [6, 6.07) is 18.1. The Bertz CT molecular complexity index is 749. The van der Waals surface area contributed by atoms with Gasteiger partial charge in [0.15, 0.2) is 5.96 Å². The van der Waals surface area contributed by atoms with Crippen LogP contribution in [0.4, 0.5) is 5.69 Å². The number of nitrogens with zero attached hydrogens (tertiary/aromatic N) is 1. The number of guanidine groups is 1. The number of fused-ring (bicyclic) bond motifs is 1. The Labute approximate surface area is 146 Å².